The number of rotatable bonds is 4. The molecule has 26 heavy (non-hydrogen) atoms. The summed E-state index contributed by atoms with van der Waals surface area (Å²) in [5.41, 5.74) is 1.82. The number of piperazine rings is 1. The van der Waals surface area contributed by atoms with E-state index in [1.54, 1.807) is 23.7 Å². The molecule has 2 fully saturated rings. The summed E-state index contributed by atoms with van der Waals surface area (Å²) < 4.78 is 5.02. The van der Waals surface area contributed by atoms with Crippen LogP contribution in [0.3, 0.4) is 0 Å². The molecule has 0 saturated carbocycles. The summed E-state index contributed by atoms with van der Waals surface area (Å²) in [4.78, 5) is 24.0. The highest BCUT2D eigenvalue weighted by Crippen LogP contribution is 2.24. The van der Waals surface area contributed by atoms with Gasteiger partial charge in [0.05, 0.1) is 17.5 Å². The molecule has 2 aliphatic heterocycles. The Kier molecular flexibility index (Phi) is 5.55. The van der Waals surface area contributed by atoms with Gasteiger partial charge in [0.25, 0.3) is 5.91 Å². The number of carbonyl (C=O) groups is 1. The van der Waals surface area contributed by atoms with Gasteiger partial charge in [-0.05, 0) is 32.0 Å². The first-order valence-electron chi connectivity index (χ1n) is 9.53. The van der Waals surface area contributed by atoms with Crippen LogP contribution in [0.4, 0.5) is 5.13 Å². The minimum Gasteiger partial charge on any atom is -0.472 e. The summed E-state index contributed by atoms with van der Waals surface area (Å²) in [5, 5.41) is 3.29. The third kappa shape index (κ3) is 4.10. The molecule has 0 N–H and O–H groups in total. The lowest BCUT2D eigenvalue weighted by Crippen LogP contribution is -2.48. The second kappa shape index (κ2) is 8.22. The van der Waals surface area contributed by atoms with E-state index in [9.17, 15) is 4.79 Å². The summed E-state index contributed by atoms with van der Waals surface area (Å²) in [6.07, 6.45) is 8.41. The fraction of sp³-hybridized carbons (Fsp3) is 0.579. The predicted molar refractivity (Wildman–Crippen MR) is 103 cm³/mol. The van der Waals surface area contributed by atoms with Crippen molar-refractivity contribution >= 4 is 22.4 Å². The van der Waals surface area contributed by atoms with Crippen molar-refractivity contribution in [1.82, 2.24) is 14.8 Å². The van der Waals surface area contributed by atoms with Gasteiger partial charge in [0.15, 0.2) is 5.13 Å². The smallest absolute Gasteiger partial charge is 0.257 e. The second-order valence-electron chi connectivity index (χ2n) is 7.10. The normalized spacial score (nSPS) is 19.5. The standard InChI is InChI=1S/C19H26N4O2S/c24-18(16-5-12-25-14-16)22-8-10-23(11-9-22)19-20-17(15-26-19)13-21-6-3-1-2-4-7-21/h5,12,14-15H,1-4,6-11,13H2. The number of hydrogen-bond acceptors (Lipinski definition) is 6. The predicted octanol–water partition coefficient (Wildman–Crippen LogP) is 3.07. The monoisotopic (exact) mass is 374 g/mol. The molecule has 2 aromatic heterocycles. The number of carbonyl (C=O) groups excluding carboxylic acids is 1. The molecule has 4 rings (SSSR count). The third-order valence-electron chi connectivity index (χ3n) is 5.23. The maximum absolute atomic E-state index is 12.4. The van der Waals surface area contributed by atoms with Gasteiger partial charge in [0.2, 0.25) is 0 Å². The number of thiazole rings is 1. The molecule has 0 radical (unpaired) electrons. The van der Waals surface area contributed by atoms with E-state index in [0.29, 0.717) is 5.56 Å². The molecule has 0 atom stereocenters. The zero-order valence-corrected chi connectivity index (χ0v) is 15.9. The number of likely N-dealkylation sites (tertiary alicyclic amines) is 1. The maximum Gasteiger partial charge on any atom is 0.257 e. The van der Waals surface area contributed by atoms with Crippen molar-refractivity contribution < 1.29 is 9.21 Å². The Morgan fingerprint density at radius 2 is 1.85 bits per heavy atom. The molecule has 2 aliphatic rings. The van der Waals surface area contributed by atoms with Crippen molar-refractivity contribution in [3.8, 4) is 0 Å². The van der Waals surface area contributed by atoms with Gasteiger partial charge in [-0.2, -0.15) is 0 Å². The highest BCUT2D eigenvalue weighted by Gasteiger charge is 2.24. The van der Waals surface area contributed by atoms with Crippen LogP contribution in [0.1, 0.15) is 41.7 Å². The Labute approximate surface area is 158 Å². The Morgan fingerprint density at radius 3 is 2.54 bits per heavy atom. The molecule has 1 amide bonds. The molecule has 0 unspecified atom stereocenters. The number of nitrogens with zero attached hydrogens (tertiary/aromatic N) is 4. The van der Waals surface area contributed by atoms with Crippen LogP contribution >= 0.6 is 11.3 Å². The summed E-state index contributed by atoms with van der Waals surface area (Å²) in [5.74, 6) is 0.0550. The molecule has 2 saturated heterocycles. The molecule has 0 spiro atoms. The van der Waals surface area contributed by atoms with E-state index in [1.165, 1.54) is 50.7 Å². The van der Waals surface area contributed by atoms with Crippen LogP contribution in [0.15, 0.2) is 28.4 Å². The largest absolute Gasteiger partial charge is 0.472 e. The Hall–Kier alpha value is -1.86. The SMILES string of the molecule is O=C(c1ccoc1)N1CCN(c2nc(CN3CCCCCC3)cs2)CC1. The van der Waals surface area contributed by atoms with Gasteiger partial charge in [0, 0.05) is 38.1 Å². The van der Waals surface area contributed by atoms with E-state index in [1.807, 2.05) is 4.90 Å². The van der Waals surface area contributed by atoms with Crippen LogP contribution in [0.2, 0.25) is 0 Å². The van der Waals surface area contributed by atoms with Gasteiger partial charge in [-0.3, -0.25) is 9.69 Å². The van der Waals surface area contributed by atoms with Crippen LogP contribution in [-0.4, -0.2) is 60.0 Å². The average Bonchev–Trinajstić information content (AvgIpc) is 3.30. The van der Waals surface area contributed by atoms with Crippen molar-refractivity contribution in [2.45, 2.75) is 32.2 Å². The van der Waals surface area contributed by atoms with Crippen LogP contribution in [0.25, 0.3) is 0 Å². The average molecular weight is 375 g/mol. The minimum absolute atomic E-state index is 0.0550. The summed E-state index contributed by atoms with van der Waals surface area (Å²) in [7, 11) is 0. The van der Waals surface area contributed by atoms with Gasteiger partial charge in [-0.1, -0.05) is 12.8 Å². The zero-order chi connectivity index (χ0) is 17.8. The lowest BCUT2D eigenvalue weighted by atomic mass is 10.2. The van der Waals surface area contributed by atoms with Crippen LogP contribution in [-0.2, 0) is 6.54 Å². The third-order valence-corrected chi connectivity index (χ3v) is 6.18. The molecule has 0 bridgehead atoms. The number of aromatic nitrogens is 1. The highest BCUT2D eigenvalue weighted by molar-refractivity contribution is 7.13. The van der Waals surface area contributed by atoms with Crippen molar-refractivity contribution in [2.24, 2.45) is 0 Å². The summed E-state index contributed by atoms with van der Waals surface area (Å²) in [6, 6.07) is 1.73. The van der Waals surface area contributed by atoms with Crippen molar-refractivity contribution in [1.29, 1.82) is 0 Å². The molecule has 140 valence electrons. The van der Waals surface area contributed by atoms with Crippen molar-refractivity contribution in [2.75, 3.05) is 44.2 Å². The zero-order valence-electron chi connectivity index (χ0n) is 15.1. The highest BCUT2D eigenvalue weighted by atomic mass is 32.1. The Morgan fingerprint density at radius 1 is 1.08 bits per heavy atom. The first-order valence-corrected chi connectivity index (χ1v) is 10.4. The van der Waals surface area contributed by atoms with E-state index >= 15 is 0 Å². The Balaban J connectivity index is 1.30. The van der Waals surface area contributed by atoms with Crippen LogP contribution in [0.5, 0.6) is 0 Å². The van der Waals surface area contributed by atoms with Gasteiger partial charge in [-0.25, -0.2) is 4.98 Å². The molecule has 2 aromatic rings. The molecule has 0 aromatic carbocycles. The first kappa shape index (κ1) is 17.5. The molecular weight excluding hydrogens is 348 g/mol. The molecule has 7 heteroatoms. The summed E-state index contributed by atoms with van der Waals surface area (Å²) in [6.45, 7) is 6.48. The minimum atomic E-state index is 0.0550. The van der Waals surface area contributed by atoms with E-state index in [4.69, 9.17) is 9.40 Å². The first-order chi connectivity index (χ1) is 12.8. The molecular formula is C19H26N4O2S. The molecule has 0 aliphatic carbocycles. The van der Waals surface area contributed by atoms with E-state index < -0.39 is 0 Å². The lowest BCUT2D eigenvalue weighted by Gasteiger charge is -2.34. The van der Waals surface area contributed by atoms with Crippen LogP contribution in [0, 0.1) is 0 Å². The van der Waals surface area contributed by atoms with Gasteiger partial charge in [-0.15, -0.1) is 11.3 Å². The van der Waals surface area contributed by atoms with Gasteiger partial charge >= 0.3 is 0 Å². The molecule has 6 nitrogen and oxygen atoms in total. The summed E-state index contributed by atoms with van der Waals surface area (Å²) >= 11 is 1.73. The van der Waals surface area contributed by atoms with Crippen molar-refractivity contribution in [3.05, 3.63) is 35.2 Å². The Bertz CT molecular complexity index is 699. The number of amides is 1. The van der Waals surface area contributed by atoms with E-state index in [2.05, 4.69) is 15.2 Å². The van der Waals surface area contributed by atoms with E-state index in [-0.39, 0.29) is 5.91 Å². The second-order valence-corrected chi connectivity index (χ2v) is 7.94. The number of hydrogen-bond donors (Lipinski definition) is 0. The quantitative estimate of drug-likeness (QED) is 0.823. The fourth-order valence-electron chi connectivity index (χ4n) is 3.71. The van der Waals surface area contributed by atoms with Gasteiger partial charge < -0.3 is 14.2 Å². The maximum atomic E-state index is 12.4. The van der Waals surface area contributed by atoms with Crippen LogP contribution < -0.4 is 4.90 Å². The number of anilines is 1. The molecule has 4 heterocycles. The van der Waals surface area contributed by atoms with Crippen molar-refractivity contribution in [3.63, 3.8) is 0 Å². The topological polar surface area (TPSA) is 52.8 Å². The number of furan rings is 1. The van der Waals surface area contributed by atoms with Gasteiger partial charge in [0.1, 0.15) is 6.26 Å². The lowest BCUT2D eigenvalue weighted by molar-refractivity contribution is 0.0746. The van der Waals surface area contributed by atoms with E-state index in [0.717, 1.165) is 37.9 Å². The fourth-order valence-corrected chi connectivity index (χ4v) is 4.58.